The molecular weight excluding hydrogens is 208 g/mol. The van der Waals surface area contributed by atoms with Gasteiger partial charge in [0.1, 0.15) is 5.75 Å². The largest absolute Gasteiger partial charge is 0.508 e. The van der Waals surface area contributed by atoms with Crippen LogP contribution in [0, 0.1) is 0 Å². The minimum atomic E-state index is 0.189. The van der Waals surface area contributed by atoms with Crippen molar-refractivity contribution < 1.29 is 5.11 Å². The molecule has 0 fully saturated rings. The van der Waals surface area contributed by atoms with E-state index in [2.05, 4.69) is 46.8 Å². The number of benzene rings is 1. The van der Waals surface area contributed by atoms with E-state index >= 15 is 0 Å². The third-order valence-electron chi connectivity index (χ3n) is 4.12. The van der Waals surface area contributed by atoms with Crippen molar-refractivity contribution in [3.63, 3.8) is 0 Å². The molecule has 0 heterocycles. The lowest BCUT2D eigenvalue weighted by atomic mass is 9.80. The molecule has 1 heteroatoms. The Morgan fingerprint density at radius 2 is 1.71 bits per heavy atom. The second-order valence-corrected chi connectivity index (χ2v) is 5.52. The highest BCUT2D eigenvalue weighted by atomic mass is 16.3. The van der Waals surface area contributed by atoms with Crippen molar-refractivity contribution in [3.05, 3.63) is 29.3 Å². The van der Waals surface area contributed by atoms with Crippen LogP contribution >= 0.6 is 0 Å². The Kier molecular flexibility index (Phi) is 4.62. The van der Waals surface area contributed by atoms with Crippen LogP contribution in [0.15, 0.2) is 18.2 Å². The molecule has 1 N–H and O–H groups in total. The van der Waals surface area contributed by atoms with Gasteiger partial charge in [-0.25, -0.2) is 0 Å². The molecule has 0 aliphatic carbocycles. The van der Waals surface area contributed by atoms with Crippen molar-refractivity contribution in [2.75, 3.05) is 0 Å². The molecule has 1 nitrogen and oxygen atoms in total. The van der Waals surface area contributed by atoms with E-state index < -0.39 is 0 Å². The zero-order valence-corrected chi connectivity index (χ0v) is 11.9. The average Bonchev–Trinajstić information content (AvgIpc) is 2.32. The predicted molar refractivity (Wildman–Crippen MR) is 74.7 cm³/mol. The Morgan fingerprint density at radius 3 is 2.18 bits per heavy atom. The fourth-order valence-corrected chi connectivity index (χ4v) is 2.24. The van der Waals surface area contributed by atoms with E-state index in [0.717, 1.165) is 24.8 Å². The van der Waals surface area contributed by atoms with Gasteiger partial charge in [0, 0.05) is 0 Å². The molecule has 96 valence electrons. The highest BCUT2D eigenvalue weighted by molar-refractivity contribution is 5.41. The minimum absolute atomic E-state index is 0.189. The molecule has 0 atom stereocenters. The Hall–Kier alpha value is -0.980. The lowest BCUT2D eigenvalue weighted by Crippen LogP contribution is -2.16. The average molecular weight is 234 g/mol. The zero-order valence-electron chi connectivity index (χ0n) is 11.9. The Morgan fingerprint density at radius 1 is 1.12 bits per heavy atom. The van der Waals surface area contributed by atoms with Crippen molar-refractivity contribution >= 4 is 0 Å². The normalized spacial score (nSPS) is 12.1. The molecule has 0 aliphatic rings. The molecule has 0 aromatic heterocycles. The molecule has 0 bridgehead atoms. The summed E-state index contributed by atoms with van der Waals surface area (Å²) in [7, 11) is 0. The lowest BCUT2D eigenvalue weighted by molar-refractivity contribution is 0.453. The summed E-state index contributed by atoms with van der Waals surface area (Å²) in [5.41, 5.74) is 2.64. The Bertz CT molecular complexity index is 362. The van der Waals surface area contributed by atoms with Crippen molar-refractivity contribution in [2.24, 2.45) is 0 Å². The van der Waals surface area contributed by atoms with E-state index in [1.54, 1.807) is 0 Å². The molecule has 0 amide bonds. The first-order valence-electron chi connectivity index (χ1n) is 6.79. The fourth-order valence-electron chi connectivity index (χ4n) is 2.24. The Labute approximate surface area is 106 Å². The van der Waals surface area contributed by atoms with Gasteiger partial charge in [-0.15, -0.1) is 0 Å². The Balaban J connectivity index is 3.19. The van der Waals surface area contributed by atoms with Crippen molar-refractivity contribution in [3.8, 4) is 5.75 Å². The van der Waals surface area contributed by atoms with Gasteiger partial charge >= 0.3 is 0 Å². The second kappa shape index (κ2) is 5.57. The van der Waals surface area contributed by atoms with Crippen molar-refractivity contribution in [1.82, 2.24) is 0 Å². The molecule has 0 saturated carbocycles. The van der Waals surface area contributed by atoms with Crippen LogP contribution < -0.4 is 0 Å². The van der Waals surface area contributed by atoms with E-state index in [-0.39, 0.29) is 5.41 Å². The van der Waals surface area contributed by atoms with Crippen LogP contribution in [0.2, 0.25) is 0 Å². The summed E-state index contributed by atoms with van der Waals surface area (Å²) in [5, 5.41) is 10.0. The molecule has 0 unspecified atom stereocenters. The molecular formula is C16H26O. The molecule has 1 aromatic carbocycles. The second-order valence-electron chi connectivity index (χ2n) is 5.52. The van der Waals surface area contributed by atoms with Crippen LogP contribution in [-0.4, -0.2) is 5.11 Å². The fraction of sp³-hybridized carbons (Fsp3) is 0.625. The third-order valence-corrected chi connectivity index (χ3v) is 4.12. The number of hydrogen-bond acceptors (Lipinski definition) is 1. The van der Waals surface area contributed by atoms with Gasteiger partial charge in [0.25, 0.3) is 0 Å². The first-order chi connectivity index (χ1) is 7.96. The maximum absolute atomic E-state index is 10.0. The smallest absolute Gasteiger partial charge is 0.119 e. The first kappa shape index (κ1) is 14.1. The van der Waals surface area contributed by atoms with Gasteiger partial charge in [0.2, 0.25) is 0 Å². The van der Waals surface area contributed by atoms with Crippen LogP contribution in [0.25, 0.3) is 0 Å². The maximum atomic E-state index is 10.0. The van der Waals surface area contributed by atoms with Gasteiger partial charge < -0.3 is 5.11 Å². The number of aromatic hydroxyl groups is 1. The predicted octanol–water partition coefficient (Wildman–Crippen LogP) is 4.98. The van der Waals surface area contributed by atoms with Crippen LogP contribution in [0.4, 0.5) is 0 Å². The van der Waals surface area contributed by atoms with Crippen molar-refractivity contribution in [2.45, 2.75) is 65.2 Å². The molecule has 1 aromatic rings. The molecule has 0 aliphatic heterocycles. The number of hydrogen-bond donors (Lipinski definition) is 1. The monoisotopic (exact) mass is 234 g/mol. The van der Waals surface area contributed by atoms with E-state index in [0.29, 0.717) is 11.7 Å². The first-order valence-corrected chi connectivity index (χ1v) is 6.79. The van der Waals surface area contributed by atoms with Crippen LogP contribution in [-0.2, 0) is 5.41 Å². The SMILES string of the molecule is CCC(CC)c1cc(C(C)(C)CC)ccc1O. The van der Waals surface area contributed by atoms with Crippen LogP contribution in [0.1, 0.15) is 70.9 Å². The molecule has 0 saturated heterocycles. The van der Waals surface area contributed by atoms with Gasteiger partial charge in [-0.2, -0.15) is 0 Å². The topological polar surface area (TPSA) is 20.2 Å². The van der Waals surface area contributed by atoms with Gasteiger partial charge in [0.15, 0.2) is 0 Å². The van der Waals surface area contributed by atoms with Gasteiger partial charge in [-0.3, -0.25) is 0 Å². The summed E-state index contributed by atoms with van der Waals surface area (Å²) < 4.78 is 0. The zero-order chi connectivity index (χ0) is 13.1. The van der Waals surface area contributed by atoms with Gasteiger partial charge in [-0.05, 0) is 47.8 Å². The molecule has 1 rings (SSSR count). The van der Waals surface area contributed by atoms with E-state index in [1.165, 1.54) is 5.56 Å². The van der Waals surface area contributed by atoms with Crippen LogP contribution in [0.5, 0.6) is 5.75 Å². The highest BCUT2D eigenvalue weighted by Gasteiger charge is 2.21. The molecule has 0 spiro atoms. The summed E-state index contributed by atoms with van der Waals surface area (Å²) in [4.78, 5) is 0. The molecule has 0 radical (unpaired) electrons. The van der Waals surface area contributed by atoms with Crippen molar-refractivity contribution in [1.29, 1.82) is 0 Å². The van der Waals surface area contributed by atoms with Gasteiger partial charge in [-0.1, -0.05) is 46.8 Å². The summed E-state index contributed by atoms with van der Waals surface area (Å²) in [6.45, 7) is 11.1. The van der Waals surface area contributed by atoms with E-state index in [1.807, 2.05) is 6.07 Å². The number of phenols is 1. The highest BCUT2D eigenvalue weighted by Crippen LogP contribution is 2.35. The van der Waals surface area contributed by atoms with Crippen LogP contribution in [0.3, 0.4) is 0 Å². The van der Waals surface area contributed by atoms with Gasteiger partial charge in [0.05, 0.1) is 0 Å². The summed E-state index contributed by atoms with van der Waals surface area (Å²) in [5.74, 6) is 0.928. The maximum Gasteiger partial charge on any atom is 0.119 e. The number of rotatable bonds is 5. The third kappa shape index (κ3) is 3.02. The summed E-state index contributed by atoms with van der Waals surface area (Å²) >= 11 is 0. The minimum Gasteiger partial charge on any atom is -0.508 e. The summed E-state index contributed by atoms with van der Waals surface area (Å²) in [6, 6.07) is 6.13. The van der Waals surface area contributed by atoms with E-state index in [9.17, 15) is 5.11 Å². The molecule has 17 heavy (non-hydrogen) atoms. The van der Waals surface area contributed by atoms with E-state index in [4.69, 9.17) is 0 Å². The standard InChI is InChI=1S/C16H26O/c1-6-12(7-2)14-11-13(9-10-15(14)17)16(4,5)8-3/h9-12,17H,6-8H2,1-5H3. The number of phenolic OH excluding ortho intramolecular Hbond substituents is 1. The lowest BCUT2D eigenvalue weighted by Gasteiger charge is -2.25. The summed E-state index contributed by atoms with van der Waals surface area (Å²) in [6.07, 6.45) is 3.28. The quantitative estimate of drug-likeness (QED) is 0.761.